The van der Waals surface area contributed by atoms with Gasteiger partial charge >= 0.3 is 0 Å². The maximum absolute atomic E-state index is 2.46. The molecule has 8 aromatic carbocycles. The molecule has 0 spiro atoms. The number of fused-ring (bicyclic) bond motifs is 10. The highest BCUT2D eigenvalue weighted by molar-refractivity contribution is 7.25. The molecular formula is C51H35NS. The minimum atomic E-state index is -0.124. The van der Waals surface area contributed by atoms with E-state index in [4.69, 9.17) is 0 Å². The van der Waals surface area contributed by atoms with Crippen LogP contribution in [-0.4, -0.2) is 4.57 Å². The van der Waals surface area contributed by atoms with Gasteiger partial charge in [-0.05, 0) is 110 Å². The van der Waals surface area contributed by atoms with Crippen molar-refractivity contribution in [3.63, 3.8) is 0 Å². The highest BCUT2D eigenvalue weighted by Crippen LogP contribution is 2.54. The molecule has 10 aromatic rings. The predicted molar refractivity (Wildman–Crippen MR) is 228 cm³/mol. The van der Waals surface area contributed by atoms with E-state index in [1.807, 2.05) is 11.3 Å². The minimum Gasteiger partial charge on any atom is -0.309 e. The molecule has 0 aliphatic heterocycles. The topological polar surface area (TPSA) is 4.93 Å². The fraction of sp³-hybridized carbons (Fsp3) is 0.0588. The molecule has 0 atom stereocenters. The number of hydrogen-bond acceptors (Lipinski definition) is 1. The zero-order valence-electron chi connectivity index (χ0n) is 29.6. The number of benzene rings is 8. The lowest BCUT2D eigenvalue weighted by atomic mass is 9.80. The van der Waals surface area contributed by atoms with Crippen molar-refractivity contribution in [2.75, 3.05) is 0 Å². The molecule has 11 rings (SSSR count). The van der Waals surface area contributed by atoms with Gasteiger partial charge in [0, 0.05) is 42.0 Å². The van der Waals surface area contributed by atoms with Crippen LogP contribution in [0, 0.1) is 0 Å². The SMILES string of the molecule is CC1(C)c2cc(-c3cccc(-n4c5ccc(-c6ccccc6)cc5c5cc(-c6ccccc6)ccc54)c3)ccc2-c2ccc3sc4ccccc4c3c21. The van der Waals surface area contributed by atoms with Crippen molar-refractivity contribution in [1.82, 2.24) is 4.57 Å². The first-order chi connectivity index (χ1) is 26.0. The van der Waals surface area contributed by atoms with Gasteiger partial charge in [0.1, 0.15) is 0 Å². The van der Waals surface area contributed by atoms with E-state index < -0.39 is 0 Å². The molecule has 0 amide bonds. The van der Waals surface area contributed by atoms with Gasteiger partial charge in [-0.1, -0.05) is 135 Å². The maximum atomic E-state index is 2.46. The molecule has 1 aliphatic rings. The molecule has 250 valence electrons. The lowest BCUT2D eigenvalue weighted by Gasteiger charge is -2.23. The summed E-state index contributed by atoms with van der Waals surface area (Å²) >= 11 is 1.91. The number of rotatable bonds is 4. The standard InChI is InChI=1S/C51H35NS/c1-51(2)44-31-37(20-23-39(44)40-24-27-48-49(50(40)51)41-18-9-10-19-47(41)53-48)34-16-11-17-38(28-34)52-45-25-21-35(32-12-5-3-6-13-32)29-42(45)43-30-36(22-26-46(43)52)33-14-7-4-8-15-33/h3-31H,1-2H3. The van der Waals surface area contributed by atoms with E-state index in [9.17, 15) is 0 Å². The minimum absolute atomic E-state index is 0.124. The third-order valence-corrected chi connectivity index (χ3v) is 12.7. The van der Waals surface area contributed by atoms with Crippen LogP contribution in [0.2, 0.25) is 0 Å². The summed E-state index contributed by atoms with van der Waals surface area (Å²) in [4.78, 5) is 0. The van der Waals surface area contributed by atoms with Crippen LogP contribution >= 0.6 is 11.3 Å². The van der Waals surface area contributed by atoms with Gasteiger partial charge in [-0.3, -0.25) is 0 Å². The third kappa shape index (κ3) is 4.56. The summed E-state index contributed by atoms with van der Waals surface area (Å²) < 4.78 is 5.18. The number of nitrogens with zero attached hydrogens (tertiary/aromatic N) is 1. The summed E-state index contributed by atoms with van der Waals surface area (Å²) in [7, 11) is 0. The van der Waals surface area contributed by atoms with Crippen LogP contribution in [0.15, 0.2) is 176 Å². The van der Waals surface area contributed by atoms with Crippen molar-refractivity contribution >= 4 is 53.3 Å². The first-order valence-electron chi connectivity index (χ1n) is 18.4. The summed E-state index contributed by atoms with van der Waals surface area (Å²) in [6, 6.07) is 65.1. The number of hydrogen-bond donors (Lipinski definition) is 0. The second-order valence-electron chi connectivity index (χ2n) is 14.9. The molecule has 0 fully saturated rings. The second-order valence-corrected chi connectivity index (χ2v) is 16.0. The van der Waals surface area contributed by atoms with E-state index in [-0.39, 0.29) is 5.41 Å². The van der Waals surface area contributed by atoms with Crippen molar-refractivity contribution in [1.29, 1.82) is 0 Å². The van der Waals surface area contributed by atoms with E-state index in [0.29, 0.717) is 0 Å². The quantitative estimate of drug-likeness (QED) is 0.173. The van der Waals surface area contributed by atoms with Crippen LogP contribution in [0.1, 0.15) is 25.0 Å². The smallest absolute Gasteiger partial charge is 0.0541 e. The summed E-state index contributed by atoms with van der Waals surface area (Å²) in [6.07, 6.45) is 0. The molecule has 0 bridgehead atoms. The molecule has 0 N–H and O–H groups in total. The highest BCUT2D eigenvalue weighted by atomic mass is 32.1. The predicted octanol–water partition coefficient (Wildman–Crippen LogP) is 14.5. The summed E-state index contributed by atoms with van der Waals surface area (Å²) in [6.45, 7) is 4.82. The largest absolute Gasteiger partial charge is 0.309 e. The lowest BCUT2D eigenvalue weighted by molar-refractivity contribution is 0.667. The molecular weight excluding hydrogens is 659 g/mol. The van der Waals surface area contributed by atoms with E-state index in [1.165, 1.54) is 97.6 Å². The van der Waals surface area contributed by atoms with Crippen molar-refractivity contribution < 1.29 is 0 Å². The second kappa shape index (κ2) is 11.4. The zero-order valence-corrected chi connectivity index (χ0v) is 30.4. The zero-order chi connectivity index (χ0) is 35.3. The highest BCUT2D eigenvalue weighted by Gasteiger charge is 2.38. The van der Waals surface area contributed by atoms with E-state index in [2.05, 4.69) is 194 Å². The van der Waals surface area contributed by atoms with E-state index >= 15 is 0 Å². The van der Waals surface area contributed by atoms with E-state index in [0.717, 1.165) is 5.69 Å². The molecule has 1 aliphatic carbocycles. The number of thiophene rings is 1. The van der Waals surface area contributed by atoms with Crippen molar-refractivity contribution in [3.8, 4) is 50.2 Å². The Morgan fingerprint density at radius 1 is 0.415 bits per heavy atom. The monoisotopic (exact) mass is 693 g/mol. The Kier molecular flexibility index (Phi) is 6.53. The van der Waals surface area contributed by atoms with Crippen LogP contribution in [-0.2, 0) is 5.41 Å². The van der Waals surface area contributed by atoms with Gasteiger partial charge in [0.15, 0.2) is 0 Å². The van der Waals surface area contributed by atoms with Gasteiger partial charge in [0.2, 0.25) is 0 Å². The fourth-order valence-corrected chi connectivity index (χ4v) is 10.2. The Balaban J connectivity index is 1.07. The maximum Gasteiger partial charge on any atom is 0.0541 e. The van der Waals surface area contributed by atoms with Crippen molar-refractivity contribution in [2.24, 2.45) is 0 Å². The first-order valence-corrected chi connectivity index (χ1v) is 19.2. The molecule has 2 aromatic heterocycles. The van der Waals surface area contributed by atoms with Gasteiger partial charge in [0.05, 0.1) is 11.0 Å². The summed E-state index contributed by atoms with van der Waals surface area (Å²) in [5.74, 6) is 0. The fourth-order valence-electron chi connectivity index (χ4n) is 9.05. The summed E-state index contributed by atoms with van der Waals surface area (Å²) in [5.41, 5.74) is 16.4. The molecule has 53 heavy (non-hydrogen) atoms. The molecule has 0 unspecified atom stereocenters. The Hall–Kier alpha value is -6.22. The Morgan fingerprint density at radius 2 is 0.981 bits per heavy atom. The Bertz CT molecular complexity index is 2970. The van der Waals surface area contributed by atoms with Gasteiger partial charge in [-0.15, -0.1) is 11.3 Å². The Labute approximate surface area is 313 Å². The van der Waals surface area contributed by atoms with Crippen LogP contribution in [0.5, 0.6) is 0 Å². The van der Waals surface area contributed by atoms with Crippen LogP contribution in [0.4, 0.5) is 0 Å². The third-order valence-electron chi connectivity index (χ3n) is 11.6. The molecule has 0 saturated heterocycles. The lowest BCUT2D eigenvalue weighted by Crippen LogP contribution is -2.15. The molecule has 0 radical (unpaired) electrons. The van der Waals surface area contributed by atoms with Crippen LogP contribution in [0.3, 0.4) is 0 Å². The average Bonchev–Trinajstić information content (AvgIpc) is 3.83. The normalized spacial score (nSPS) is 13.2. The summed E-state index contributed by atoms with van der Waals surface area (Å²) in [5, 5.41) is 5.31. The van der Waals surface area contributed by atoms with Crippen molar-refractivity contribution in [2.45, 2.75) is 19.3 Å². The molecule has 2 heteroatoms. The Morgan fingerprint density at radius 3 is 1.68 bits per heavy atom. The van der Waals surface area contributed by atoms with Gasteiger partial charge in [-0.25, -0.2) is 0 Å². The first kappa shape index (κ1) is 30.4. The van der Waals surface area contributed by atoms with Crippen LogP contribution in [0.25, 0.3) is 92.2 Å². The van der Waals surface area contributed by atoms with Gasteiger partial charge in [-0.2, -0.15) is 0 Å². The molecule has 1 nitrogen and oxygen atoms in total. The van der Waals surface area contributed by atoms with Crippen molar-refractivity contribution in [3.05, 3.63) is 187 Å². The van der Waals surface area contributed by atoms with E-state index in [1.54, 1.807) is 0 Å². The molecule has 0 saturated carbocycles. The van der Waals surface area contributed by atoms with Crippen LogP contribution < -0.4 is 0 Å². The van der Waals surface area contributed by atoms with Gasteiger partial charge in [0.25, 0.3) is 0 Å². The average molecular weight is 694 g/mol. The number of aromatic nitrogens is 1. The molecule has 2 heterocycles. The van der Waals surface area contributed by atoms with Gasteiger partial charge < -0.3 is 4.57 Å².